The molecular weight excluding hydrogens is 412 g/mol. The fourth-order valence-corrected chi connectivity index (χ4v) is 3.16. The SMILES string of the molecule is COc1ccc(O)c(NC(=S)NC(=O)c2ccc(N3CCOCC3)c([N+](=O)[O-])c2)c1. The summed E-state index contributed by atoms with van der Waals surface area (Å²) in [4.78, 5) is 25.4. The smallest absolute Gasteiger partial charge is 0.293 e. The van der Waals surface area contributed by atoms with Crippen LogP contribution in [0.1, 0.15) is 10.4 Å². The van der Waals surface area contributed by atoms with Crippen LogP contribution in [0.5, 0.6) is 11.5 Å². The number of carbonyl (C=O) groups excluding carboxylic acids is 1. The molecule has 10 nitrogen and oxygen atoms in total. The topological polar surface area (TPSA) is 126 Å². The molecular formula is C19H20N4O6S. The summed E-state index contributed by atoms with van der Waals surface area (Å²) in [5, 5.41) is 26.5. The number of nitrogens with one attached hydrogen (secondary N) is 2. The highest BCUT2D eigenvalue weighted by atomic mass is 32.1. The van der Waals surface area contributed by atoms with Crippen LogP contribution in [0, 0.1) is 10.1 Å². The Labute approximate surface area is 177 Å². The summed E-state index contributed by atoms with van der Waals surface area (Å²) >= 11 is 5.11. The van der Waals surface area contributed by atoms with Crippen molar-refractivity contribution in [2.75, 3.05) is 43.6 Å². The minimum absolute atomic E-state index is 0.0801. The first kappa shape index (κ1) is 21.3. The second kappa shape index (κ2) is 9.37. The van der Waals surface area contributed by atoms with Crippen molar-refractivity contribution >= 4 is 40.3 Å². The van der Waals surface area contributed by atoms with Crippen LogP contribution in [0.3, 0.4) is 0 Å². The van der Waals surface area contributed by atoms with Crippen molar-refractivity contribution in [3.8, 4) is 11.5 Å². The molecule has 1 aliphatic rings. The minimum atomic E-state index is -0.619. The molecule has 30 heavy (non-hydrogen) atoms. The minimum Gasteiger partial charge on any atom is -0.506 e. The molecule has 11 heteroatoms. The van der Waals surface area contributed by atoms with E-state index in [2.05, 4.69) is 10.6 Å². The Kier molecular flexibility index (Phi) is 6.65. The van der Waals surface area contributed by atoms with Crippen molar-refractivity contribution in [3.63, 3.8) is 0 Å². The van der Waals surface area contributed by atoms with Gasteiger partial charge in [0.05, 0.1) is 30.9 Å². The van der Waals surface area contributed by atoms with Gasteiger partial charge in [-0.1, -0.05) is 0 Å². The Morgan fingerprint density at radius 2 is 2.00 bits per heavy atom. The van der Waals surface area contributed by atoms with Gasteiger partial charge in [-0.05, 0) is 36.5 Å². The number of nitro groups is 1. The summed E-state index contributed by atoms with van der Waals surface area (Å²) < 4.78 is 10.4. The number of morpholine rings is 1. The Bertz CT molecular complexity index is 977. The molecule has 2 aromatic rings. The van der Waals surface area contributed by atoms with Crippen LogP contribution >= 0.6 is 12.2 Å². The molecule has 0 saturated carbocycles. The molecule has 2 aromatic carbocycles. The van der Waals surface area contributed by atoms with Crippen LogP contribution in [0.4, 0.5) is 17.1 Å². The van der Waals surface area contributed by atoms with Gasteiger partial charge in [0.1, 0.15) is 17.2 Å². The van der Waals surface area contributed by atoms with E-state index < -0.39 is 10.8 Å². The lowest BCUT2D eigenvalue weighted by Crippen LogP contribution is -2.37. The van der Waals surface area contributed by atoms with E-state index in [0.717, 1.165) is 0 Å². The van der Waals surface area contributed by atoms with Crippen LogP contribution in [0.15, 0.2) is 36.4 Å². The number of nitro benzene ring substituents is 1. The molecule has 3 N–H and O–H groups in total. The van der Waals surface area contributed by atoms with E-state index in [-0.39, 0.29) is 27.8 Å². The van der Waals surface area contributed by atoms with Crippen LogP contribution in [0.25, 0.3) is 0 Å². The Morgan fingerprint density at radius 3 is 2.67 bits per heavy atom. The predicted octanol–water partition coefficient (Wildman–Crippen LogP) is 2.27. The average Bonchev–Trinajstić information content (AvgIpc) is 2.75. The largest absolute Gasteiger partial charge is 0.506 e. The molecule has 0 aliphatic carbocycles. The maximum Gasteiger partial charge on any atom is 0.293 e. The van der Waals surface area contributed by atoms with Gasteiger partial charge in [-0.25, -0.2) is 0 Å². The number of benzene rings is 2. The number of thiocarbonyl (C=S) groups is 1. The first-order chi connectivity index (χ1) is 14.4. The quantitative estimate of drug-likeness (QED) is 0.282. The van der Waals surface area contributed by atoms with Crippen molar-refractivity contribution in [3.05, 3.63) is 52.1 Å². The number of methoxy groups -OCH3 is 1. The lowest BCUT2D eigenvalue weighted by atomic mass is 10.1. The first-order valence-electron chi connectivity index (χ1n) is 8.99. The van der Waals surface area contributed by atoms with E-state index in [4.69, 9.17) is 21.7 Å². The number of amides is 1. The lowest BCUT2D eigenvalue weighted by molar-refractivity contribution is -0.384. The zero-order valence-electron chi connectivity index (χ0n) is 16.1. The number of hydrogen-bond donors (Lipinski definition) is 3. The third-order valence-corrected chi connectivity index (χ3v) is 4.67. The number of aromatic hydroxyl groups is 1. The third-order valence-electron chi connectivity index (χ3n) is 4.47. The van der Waals surface area contributed by atoms with Crippen molar-refractivity contribution in [1.82, 2.24) is 5.32 Å². The molecule has 0 unspecified atom stereocenters. The molecule has 1 aliphatic heterocycles. The Morgan fingerprint density at radius 1 is 1.27 bits per heavy atom. The molecule has 0 aromatic heterocycles. The number of ether oxygens (including phenoxy) is 2. The highest BCUT2D eigenvalue weighted by Crippen LogP contribution is 2.30. The monoisotopic (exact) mass is 432 g/mol. The fourth-order valence-electron chi connectivity index (χ4n) is 2.95. The lowest BCUT2D eigenvalue weighted by Gasteiger charge is -2.28. The normalized spacial score (nSPS) is 13.4. The van der Waals surface area contributed by atoms with E-state index in [0.29, 0.717) is 37.7 Å². The van der Waals surface area contributed by atoms with Gasteiger partial charge in [-0.3, -0.25) is 20.2 Å². The van der Waals surface area contributed by atoms with Gasteiger partial charge in [-0.15, -0.1) is 0 Å². The van der Waals surface area contributed by atoms with Crippen molar-refractivity contribution in [1.29, 1.82) is 0 Å². The number of carbonyl (C=O) groups is 1. The number of nitrogens with zero attached hydrogens (tertiary/aromatic N) is 2. The summed E-state index contributed by atoms with van der Waals surface area (Å²) in [6, 6.07) is 8.75. The van der Waals surface area contributed by atoms with E-state index in [1.165, 1.54) is 31.4 Å². The summed E-state index contributed by atoms with van der Waals surface area (Å²) in [5.74, 6) is -0.219. The van der Waals surface area contributed by atoms with Crippen molar-refractivity contribution in [2.24, 2.45) is 0 Å². The highest BCUT2D eigenvalue weighted by Gasteiger charge is 2.23. The standard InChI is InChI=1S/C19H20N4O6S/c1-28-13-3-5-17(24)14(11-13)20-19(30)21-18(25)12-2-4-15(16(10-12)23(26)27)22-6-8-29-9-7-22/h2-5,10-11,24H,6-9H2,1H3,(H2,20,21,25,30). The van der Waals surface area contributed by atoms with Gasteiger partial charge in [0.15, 0.2) is 5.11 Å². The van der Waals surface area contributed by atoms with Crippen molar-refractivity contribution < 1.29 is 24.3 Å². The molecule has 0 spiro atoms. The van der Waals surface area contributed by atoms with Gasteiger partial charge in [-0.2, -0.15) is 0 Å². The second-order valence-corrected chi connectivity index (χ2v) is 6.76. The number of phenolic OH excluding ortho intramolecular Hbond substituents is 1. The first-order valence-corrected chi connectivity index (χ1v) is 9.40. The molecule has 0 radical (unpaired) electrons. The van der Waals surface area contributed by atoms with E-state index in [1.807, 2.05) is 4.90 Å². The van der Waals surface area contributed by atoms with Gasteiger partial charge in [0.25, 0.3) is 11.6 Å². The van der Waals surface area contributed by atoms with Gasteiger partial charge in [0, 0.05) is 30.8 Å². The maximum atomic E-state index is 12.5. The zero-order chi connectivity index (χ0) is 21.7. The molecule has 1 amide bonds. The van der Waals surface area contributed by atoms with Crippen LogP contribution in [0.2, 0.25) is 0 Å². The van der Waals surface area contributed by atoms with Gasteiger partial charge < -0.3 is 24.8 Å². The highest BCUT2D eigenvalue weighted by molar-refractivity contribution is 7.80. The van der Waals surface area contributed by atoms with E-state index in [9.17, 15) is 20.0 Å². The average molecular weight is 432 g/mol. The second-order valence-electron chi connectivity index (χ2n) is 6.35. The molecule has 1 saturated heterocycles. The molecule has 1 heterocycles. The van der Waals surface area contributed by atoms with E-state index in [1.54, 1.807) is 12.1 Å². The zero-order valence-corrected chi connectivity index (χ0v) is 16.9. The molecule has 3 rings (SSSR count). The van der Waals surface area contributed by atoms with Crippen LogP contribution in [-0.2, 0) is 4.74 Å². The molecule has 1 fully saturated rings. The van der Waals surface area contributed by atoms with Crippen LogP contribution < -0.4 is 20.3 Å². The summed E-state index contributed by atoms with van der Waals surface area (Å²) in [5.41, 5.74) is 0.585. The number of phenols is 1. The maximum absolute atomic E-state index is 12.5. The predicted molar refractivity (Wildman–Crippen MR) is 114 cm³/mol. The molecule has 0 bridgehead atoms. The third kappa shape index (κ3) is 4.93. The van der Waals surface area contributed by atoms with Gasteiger partial charge >= 0.3 is 0 Å². The fraction of sp³-hybridized carbons (Fsp3) is 0.263. The molecule has 0 atom stereocenters. The number of hydrogen-bond acceptors (Lipinski definition) is 8. The molecule has 158 valence electrons. The van der Waals surface area contributed by atoms with Crippen LogP contribution in [-0.4, -0.2) is 54.5 Å². The summed E-state index contributed by atoms with van der Waals surface area (Å²) in [6.07, 6.45) is 0. The number of anilines is 2. The van der Waals surface area contributed by atoms with Crippen molar-refractivity contribution in [2.45, 2.75) is 0 Å². The number of rotatable bonds is 5. The Hall–Kier alpha value is -3.44. The van der Waals surface area contributed by atoms with E-state index >= 15 is 0 Å². The Balaban J connectivity index is 1.74. The summed E-state index contributed by atoms with van der Waals surface area (Å²) in [6.45, 7) is 2.03. The summed E-state index contributed by atoms with van der Waals surface area (Å²) in [7, 11) is 1.48. The van der Waals surface area contributed by atoms with Gasteiger partial charge in [0.2, 0.25) is 0 Å².